The minimum absolute atomic E-state index is 0.302. The van der Waals surface area contributed by atoms with Gasteiger partial charge in [-0.15, -0.1) is 0 Å². The molecule has 2 aromatic rings. The summed E-state index contributed by atoms with van der Waals surface area (Å²) < 4.78 is 13.2. The fourth-order valence-corrected chi connectivity index (χ4v) is 2.03. The number of carboxylic acids is 1. The van der Waals surface area contributed by atoms with E-state index in [0.29, 0.717) is 22.2 Å². The van der Waals surface area contributed by atoms with Gasteiger partial charge in [0.05, 0.1) is 16.8 Å². The molecule has 0 fully saturated rings. The lowest BCUT2D eigenvalue weighted by Crippen LogP contribution is -2.50. The van der Waals surface area contributed by atoms with E-state index in [9.17, 15) is 19.1 Å². The second-order valence-corrected chi connectivity index (χ2v) is 5.69. The molecule has 22 heavy (non-hydrogen) atoms. The average molecular weight is 304 g/mol. The predicted octanol–water partition coefficient (Wildman–Crippen LogP) is 2.62. The number of halogens is 1. The van der Waals surface area contributed by atoms with E-state index in [1.807, 2.05) is 0 Å². The van der Waals surface area contributed by atoms with Gasteiger partial charge in [-0.05, 0) is 39.0 Å². The van der Waals surface area contributed by atoms with Crippen molar-refractivity contribution in [2.24, 2.45) is 0 Å². The van der Waals surface area contributed by atoms with Gasteiger partial charge in [0, 0.05) is 18.5 Å². The molecule has 1 amide bonds. The van der Waals surface area contributed by atoms with Crippen molar-refractivity contribution in [2.45, 2.75) is 26.3 Å². The van der Waals surface area contributed by atoms with E-state index in [4.69, 9.17) is 0 Å². The van der Waals surface area contributed by atoms with Gasteiger partial charge in [-0.25, -0.2) is 9.18 Å². The Morgan fingerprint density at radius 3 is 2.50 bits per heavy atom. The first-order chi connectivity index (χ1) is 10.1. The Bertz CT molecular complexity index is 771. The second kappa shape index (κ2) is 5.36. The summed E-state index contributed by atoms with van der Waals surface area (Å²) in [4.78, 5) is 29.3. The van der Waals surface area contributed by atoms with Crippen LogP contribution in [0.5, 0.6) is 0 Å². The molecule has 1 heterocycles. The number of carbonyl (C=O) groups excluding carboxylic acids is 1. The van der Waals surface area contributed by atoms with E-state index in [2.05, 4.69) is 4.98 Å². The number of carboxylic acid groups (broad SMARTS) is 1. The monoisotopic (exact) mass is 304 g/mol. The number of amides is 1. The fourth-order valence-electron chi connectivity index (χ4n) is 2.03. The van der Waals surface area contributed by atoms with Gasteiger partial charge < -0.3 is 10.0 Å². The summed E-state index contributed by atoms with van der Waals surface area (Å²) in [5, 5.41) is 9.85. The third-order valence-electron chi connectivity index (χ3n) is 3.87. The molecule has 0 bridgehead atoms. The molecule has 6 heteroatoms. The summed E-state index contributed by atoms with van der Waals surface area (Å²) in [5.41, 5.74) is -0.164. The van der Waals surface area contributed by atoms with Crippen molar-refractivity contribution in [3.63, 3.8) is 0 Å². The van der Waals surface area contributed by atoms with Gasteiger partial charge in [0.15, 0.2) is 0 Å². The van der Waals surface area contributed by atoms with Gasteiger partial charge in [-0.1, -0.05) is 0 Å². The predicted molar refractivity (Wildman–Crippen MR) is 80.2 cm³/mol. The van der Waals surface area contributed by atoms with Gasteiger partial charge in [-0.2, -0.15) is 0 Å². The number of aryl methyl sites for hydroxylation is 1. The van der Waals surface area contributed by atoms with Crippen molar-refractivity contribution in [3.05, 3.63) is 41.3 Å². The third-order valence-corrected chi connectivity index (χ3v) is 3.87. The molecular formula is C16H17FN2O3. The highest BCUT2D eigenvalue weighted by Gasteiger charge is 2.36. The van der Waals surface area contributed by atoms with E-state index >= 15 is 0 Å². The number of rotatable bonds is 3. The molecule has 116 valence electrons. The largest absolute Gasteiger partial charge is 0.480 e. The van der Waals surface area contributed by atoms with Crippen LogP contribution in [0.25, 0.3) is 10.9 Å². The molecule has 2 rings (SSSR count). The quantitative estimate of drug-likeness (QED) is 0.946. The lowest BCUT2D eigenvalue weighted by molar-refractivity contribution is -0.147. The summed E-state index contributed by atoms with van der Waals surface area (Å²) in [6.45, 7) is 4.54. The van der Waals surface area contributed by atoms with Crippen LogP contribution < -0.4 is 0 Å². The molecule has 1 aromatic carbocycles. The minimum Gasteiger partial charge on any atom is -0.480 e. The highest BCUT2D eigenvalue weighted by atomic mass is 19.1. The molecule has 0 saturated heterocycles. The number of hydrogen-bond acceptors (Lipinski definition) is 3. The molecule has 0 radical (unpaired) electrons. The molecule has 0 aliphatic rings. The molecule has 1 aromatic heterocycles. The van der Waals surface area contributed by atoms with E-state index in [1.165, 1.54) is 39.1 Å². The molecule has 5 nitrogen and oxygen atoms in total. The van der Waals surface area contributed by atoms with E-state index in [1.54, 1.807) is 13.0 Å². The summed E-state index contributed by atoms with van der Waals surface area (Å²) in [6, 6.07) is 5.73. The Morgan fingerprint density at radius 2 is 1.91 bits per heavy atom. The Labute approximate surface area is 127 Å². The molecule has 0 spiro atoms. The smallest absolute Gasteiger partial charge is 0.329 e. The zero-order chi connectivity index (χ0) is 16.7. The van der Waals surface area contributed by atoms with Gasteiger partial charge in [0.25, 0.3) is 5.91 Å². The first kappa shape index (κ1) is 15.9. The Balaban J connectivity index is 2.50. The molecule has 0 aliphatic heterocycles. The minimum atomic E-state index is -1.35. The molecule has 0 saturated carbocycles. The van der Waals surface area contributed by atoms with Crippen LogP contribution in [0.15, 0.2) is 24.3 Å². The lowest BCUT2D eigenvalue weighted by Gasteiger charge is -2.31. The number of aromatic nitrogens is 1. The van der Waals surface area contributed by atoms with Gasteiger partial charge in [0.1, 0.15) is 11.4 Å². The topological polar surface area (TPSA) is 70.5 Å². The van der Waals surface area contributed by atoms with E-state index in [-0.39, 0.29) is 0 Å². The molecule has 1 N–H and O–H groups in total. The van der Waals surface area contributed by atoms with Gasteiger partial charge in [0.2, 0.25) is 0 Å². The number of carbonyl (C=O) groups is 2. The zero-order valence-electron chi connectivity index (χ0n) is 12.8. The number of pyridine rings is 1. The highest BCUT2D eigenvalue weighted by Crippen LogP contribution is 2.22. The fraction of sp³-hybridized carbons (Fsp3) is 0.312. The van der Waals surface area contributed by atoms with Crippen molar-refractivity contribution in [2.75, 3.05) is 7.05 Å². The van der Waals surface area contributed by atoms with Crippen LogP contribution in [-0.2, 0) is 4.79 Å². The van der Waals surface area contributed by atoms with Crippen LogP contribution >= 0.6 is 0 Å². The average Bonchev–Trinajstić information content (AvgIpc) is 2.44. The van der Waals surface area contributed by atoms with Gasteiger partial charge >= 0.3 is 5.97 Å². The molecule has 0 unspecified atom stereocenters. The van der Waals surface area contributed by atoms with Crippen LogP contribution in [-0.4, -0.2) is 39.5 Å². The maximum atomic E-state index is 13.2. The van der Waals surface area contributed by atoms with Crippen molar-refractivity contribution in [1.29, 1.82) is 0 Å². The summed E-state index contributed by atoms with van der Waals surface area (Å²) in [5.74, 6) is -1.94. The lowest BCUT2D eigenvalue weighted by atomic mass is 10.0. The summed E-state index contributed by atoms with van der Waals surface area (Å²) in [7, 11) is 1.44. The van der Waals surface area contributed by atoms with Crippen LogP contribution in [0.2, 0.25) is 0 Å². The Kier molecular flexibility index (Phi) is 3.87. The van der Waals surface area contributed by atoms with Crippen LogP contribution in [0.4, 0.5) is 4.39 Å². The standard InChI is InChI=1S/C16H17FN2O3/c1-9-12(14(20)19(4)16(2,3)15(21)22)7-10-5-6-11(17)8-13(10)18-9/h5-8H,1-4H3,(H,21,22). The van der Waals surface area contributed by atoms with Crippen molar-refractivity contribution in [3.8, 4) is 0 Å². The highest BCUT2D eigenvalue weighted by molar-refractivity contribution is 6.00. The molecular weight excluding hydrogens is 287 g/mol. The SMILES string of the molecule is Cc1nc2cc(F)ccc2cc1C(=O)N(C)C(C)(C)C(=O)O. The van der Waals surface area contributed by atoms with Crippen LogP contribution in [0.3, 0.4) is 0 Å². The molecule has 0 aliphatic carbocycles. The molecule has 0 atom stereocenters. The van der Waals surface area contributed by atoms with Gasteiger partial charge in [-0.3, -0.25) is 9.78 Å². The van der Waals surface area contributed by atoms with Crippen LogP contribution in [0, 0.1) is 12.7 Å². The van der Waals surface area contributed by atoms with Crippen LogP contribution in [0.1, 0.15) is 29.9 Å². The first-order valence-electron chi connectivity index (χ1n) is 6.73. The number of nitrogens with zero attached hydrogens (tertiary/aromatic N) is 2. The Morgan fingerprint density at radius 1 is 1.27 bits per heavy atom. The zero-order valence-corrected chi connectivity index (χ0v) is 12.8. The normalized spacial score (nSPS) is 11.5. The Hall–Kier alpha value is -2.50. The first-order valence-corrected chi connectivity index (χ1v) is 6.73. The number of hydrogen-bond donors (Lipinski definition) is 1. The number of fused-ring (bicyclic) bond motifs is 1. The van der Waals surface area contributed by atoms with E-state index in [0.717, 1.165) is 4.90 Å². The van der Waals surface area contributed by atoms with E-state index < -0.39 is 23.2 Å². The number of aliphatic carboxylic acids is 1. The number of likely N-dealkylation sites (N-methyl/N-ethyl adjacent to an activating group) is 1. The third kappa shape index (κ3) is 2.64. The maximum absolute atomic E-state index is 13.2. The van der Waals surface area contributed by atoms with Crippen molar-refractivity contribution in [1.82, 2.24) is 9.88 Å². The summed E-state index contributed by atoms with van der Waals surface area (Å²) >= 11 is 0. The number of benzene rings is 1. The second-order valence-electron chi connectivity index (χ2n) is 5.69. The maximum Gasteiger partial charge on any atom is 0.329 e. The summed E-state index contributed by atoms with van der Waals surface area (Å²) in [6.07, 6.45) is 0. The van der Waals surface area contributed by atoms with Crippen molar-refractivity contribution >= 4 is 22.8 Å². The van der Waals surface area contributed by atoms with Crippen molar-refractivity contribution < 1.29 is 19.1 Å².